The molecule has 8 heteroatoms. The van der Waals surface area contributed by atoms with Gasteiger partial charge in [0, 0.05) is 30.3 Å². The molecule has 0 saturated carbocycles. The summed E-state index contributed by atoms with van der Waals surface area (Å²) >= 11 is 0. The van der Waals surface area contributed by atoms with E-state index in [1.165, 1.54) is 6.07 Å². The number of carboxylic acid groups (broad SMARTS) is 1. The molecule has 0 aromatic heterocycles. The van der Waals surface area contributed by atoms with Gasteiger partial charge in [-0.25, -0.2) is 0 Å². The molecule has 0 radical (unpaired) electrons. The van der Waals surface area contributed by atoms with Crippen molar-refractivity contribution < 1.29 is 24.3 Å². The number of nitro groups is 1. The number of hydrogen-bond donors (Lipinski definition) is 2. The van der Waals surface area contributed by atoms with Crippen molar-refractivity contribution in [1.29, 1.82) is 0 Å². The summed E-state index contributed by atoms with van der Waals surface area (Å²) in [6.45, 7) is 0.413. The monoisotopic (exact) mass is 374 g/mol. The molecule has 2 N–H and O–H groups in total. The smallest absolute Gasteiger partial charge is 0.303 e. The van der Waals surface area contributed by atoms with E-state index in [1.54, 1.807) is 43.5 Å². The molecule has 0 bridgehead atoms. The summed E-state index contributed by atoms with van der Waals surface area (Å²) in [5, 5.41) is 22.9. The number of aliphatic carboxylic acids is 1. The molecular weight excluding hydrogens is 352 g/mol. The molecule has 0 aliphatic carbocycles. The Morgan fingerprint density at radius 2 is 1.96 bits per heavy atom. The largest absolute Gasteiger partial charge is 0.497 e. The first-order valence-corrected chi connectivity index (χ1v) is 8.53. The van der Waals surface area contributed by atoms with Crippen molar-refractivity contribution in [3.63, 3.8) is 0 Å². The fraction of sp³-hybridized carbons (Fsp3) is 0.316. The van der Waals surface area contributed by atoms with Crippen LogP contribution in [0.15, 0.2) is 42.5 Å². The van der Waals surface area contributed by atoms with Crippen LogP contribution in [0.1, 0.15) is 25.7 Å². The van der Waals surface area contributed by atoms with Gasteiger partial charge >= 0.3 is 5.97 Å². The van der Waals surface area contributed by atoms with E-state index in [2.05, 4.69) is 5.32 Å². The van der Waals surface area contributed by atoms with Crippen LogP contribution in [0.4, 0.5) is 17.1 Å². The maximum Gasteiger partial charge on any atom is 0.303 e. The normalized spacial score (nSPS) is 10.3. The number of carbonyl (C=O) groups is 1. The Morgan fingerprint density at radius 1 is 1.15 bits per heavy atom. The third kappa shape index (κ3) is 6.50. The van der Waals surface area contributed by atoms with Gasteiger partial charge in [-0.15, -0.1) is 0 Å². The molecule has 27 heavy (non-hydrogen) atoms. The Morgan fingerprint density at radius 3 is 2.67 bits per heavy atom. The number of ether oxygens (including phenoxy) is 2. The first-order chi connectivity index (χ1) is 13.0. The molecule has 2 aromatic carbocycles. The zero-order chi connectivity index (χ0) is 19.6. The number of carboxylic acids is 1. The first kappa shape index (κ1) is 20.0. The van der Waals surface area contributed by atoms with Crippen LogP contribution in [0.3, 0.4) is 0 Å². The van der Waals surface area contributed by atoms with Gasteiger partial charge in [0.25, 0.3) is 5.69 Å². The number of nitro benzene ring substituents is 1. The molecule has 144 valence electrons. The molecule has 8 nitrogen and oxygen atoms in total. The fourth-order valence-electron chi connectivity index (χ4n) is 2.47. The van der Waals surface area contributed by atoms with Crippen LogP contribution < -0.4 is 14.8 Å². The molecule has 2 rings (SSSR count). The van der Waals surface area contributed by atoms with Crippen molar-refractivity contribution in [1.82, 2.24) is 0 Å². The summed E-state index contributed by atoms with van der Waals surface area (Å²) in [6.07, 6.45) is 2.20. The lowest BCUT2D eigenvalue weighted by atomic mass is 10.2. The Bertz CT molecular complexity index is 794. The SMILES string of the molecule is COc1cccc(Nc2cc(OCCCCCC(=O)O)ccc2[N+](=O)[O-])c1. The standard InChI is InChI=1S/C19H22N2O6/c1-26-15-7-5-6-14(12-15)20-17-13-16(9-10-18(17)21(24)25)27-11-4-2-3-8-19(22)23/h5-7,9-10,12-13,20H,2-4,8,11H2,1H3,(H,22,23). The van der Waals surface area contributed by atoms with E-state index < -0.39 is 10.9 Å². The zero-order valence-electron chi connectivity index (χ0n) is 15.0. The highest BCUT2D eigenvalue weighted by atomic mass is 16.6. The van der Waals surface area contributed by atoms with Crippen molar-refractivity contribution in [3.8, 4) is 11.5 Å². The van der Waals surface area contributed by atoms with Crippen LogP contribution in [-0.4, -0.2) is 29.7 Å². The predicted octanol–water partition coefficient (Wildman–Crippen LogP) is 4.37. The number of unbranched alkanes of at least 4 members (excludes halogenated alkanes) is 2. The quantitative estimate of drug-likeness (QED) is 0.341. The van der Waals surface area contributed by atoms with Crippen LogP contribution in [0.2, 0.25) is 0 Å². The highest BCUT2D eigenvalue weighted by Gasteiger charge is 2.15. The van der Waals surface area contributed by atoms with Gasteiger partial charge in [-0.1, -0.05) is 6.07 Å². The molecule has 0 fully saturated rings. The summed E-state index contributed by atoms with van der Waals surface area (Å²) < 4.78 is 10.8. The van der Waals surface area contributed by atoms with Gasteiger partial charge in [-0.3, -0.25) is 14.9 Å². The van der Waals surface area contributed by atoms with Gasteiger partial charge in [-0.2, -0.15) is 0 Å². The predicted molar refractivity (Wildman–Crippen MR) is 101 cm³/mol. The van der Waals surface area contributed by atoms with Crippen molar-refractivity contribution in [3.05, 3.63) is 52.6 Å². The summed E-state index contributed by atoms with van der Waals surface area (Å²) in [4.78, 5) is 21.3. The van der Waals surface area contributed by atoms with Crippen LogP contribution in [0, 0.1) is 10.1 Å². The van der Waals surface area contributed by atoms with Gasteiger partial charge in [0.1, 0.15) is 17.2 Å². The molecular formula is C19H22N2O6. The minimum atomic E-state index is -0.806. The van der Waals surface area contributed by atoms with Crippen molar-refractivity contribution in [2.75, 3.05) is 19.0 Å². The minimum Gasteiger partial charge on any atom is -0.497 e. The molecule has 2 aromatic rings. The number of nitrogens with one attached hydrogen (secondary N) is 1. The molecule has 0 saturated heterocycles. The first-order valence-electron chi connectivity index (χ1n) is 8.53. The van der Waals surface area contributed by atoms with Crippen molar-refractivity contribution >= 4 is 23.0 Å². The fourth-order valence-corrected chi connectivity index (χ4v) is 2.47. The van der Waals surface area contributed by atoms with Crippen LogP contribution in [-0.2, 0) is 4.79 Å². The highest BCUT2D eigenvalue weighted by molar-refractivity contribution is 5.71. The van der Waals surface area contributed by atoms with Gasteiger partial charge in [0.15, 0.2) is 0 Å². The van der Waals surface area contributed by atoms with Crippen LogP contribution in [0.25, 0.3) is 0 Å². The number of benzene rings is 2. The summed E-state index contributed by atoms with van der Waals surface area (Å²) in [5.74, 6) is 0.334. The Kier molecular flexibility index (Phi) is 7.42. The molecule has 0 heterocycles. The zero-order valence-corrected chi connectivity index (χ0v) is 15.0. The Hall–Kier alpha value is -3.29. The van der Waals surface area contributed by atoms with Gasteiger partial charge in [0.05, 0.1) is 18.6 Å². The number of hydrogen-bond acceptors (Lipinski definition) is 6. The average Bonchev–Trinajstić information content (AvgIpc) is 2.64. The van der Waals surface area contributed by atoms with Gasteiger partial charge in [-0.05, 0) is 37.5 Å². The summed E-state index contributed by atoms with van der Waals surface area (Å²) in [5.41, 5.74) is 0.909. The molecule has 0 unspecified atom stereocenters. The molecule has 0 aliphatic heterocycles. The van der Waals surface area contributed by atoms with E-state index in [-0.39, 0.29) is 12.1 Å². The van der Waals surface area contributed by atoms with Crippen molar-refractivity contribution in [2.24, 2.45) is 0 Å². The number of methoxy groups -OCH3 is 1. The minimum absolute atomic E-state index is 0.0633. The maximum atomic E-state index is 11.3. The van der Waals surface area contributed by atoms with Crippen LogP contribution in [0.5, 0.6) is 11.5 Å². The second-order valence-electron chi connectivity index (χ2n) is 5.85. The summed E-state index contributed by atoms with van der Waals surface area (Å²) in [7, 11) is 1.55. The third-order valence-corrected chi connectivity index (χ3v) is 3.82. The summed E-state index contributed by atoms with van der Waals surface area (Å²) in [6, 6.07) is 11.6. The Balaban J connectivity index is 2.02. The van der Waals surface area contributed by atoms with E-state index in [9.17, 15) is 14.9 Å². The Labute approximate surface area is 156 Å². The van der Waals surface area contributed by atoms with Gasteiger partial charge < -0.3 is 19.9 Å². The average molecular weight is 374 g/mol. The van der Waals surface area contributed by atoms with E-state index in [1.807, 2.05) is 0 Å². The lowest BCUT2D eigenvalue weighted by Crippen LogP contribution is -2.01. The second-order valence-corrected chi connectivity index (χ2v) is 5.85. The van der Waals surface area contributed by atoms with E-state index in [0.717, 1.165) is 6.42 Å². The number of nitrogens with zero attached hydrogens (tertiary/aromatic N) is 1. The molecule has 0 spiro atoms. The lowest BCUT2D eigenvalue weighted by Gasteiger charge is -2.11. The van der Waals surface area contributed by atoms with Gasteiger partial charge in [0.2, 0.25) is 0 Å². The number of anilines is 2. The van der Waals surface area contributed by atoms with E-state index in [4.69, 9.17) is 14.6 Å². The van der Waals surface area contributed by atoms with E-state index in [0.29, 0.717) is 42.3 Å². The third-order valence-electron chi connectivity index (χ3n) is 3.82. The molecule has 0 amide bonds. The van der Waals surface area contributed by atoms with E-state index >= 15 is 0 Å². The number of rotatable bonds is 11. The second kappa shape index (κ2) is 10.0. The topological polar surface area (TPSA) is 111 Å². The highest BCUT2D eigenvalue weighted by Crippen LogP contribution is 2.32. The maximum absolute atomic E-state index is 11.3. The van der Waals surface area contributed by atoms with Crippen LogP contribution >= 0.6 is 0 Å². The molecule has 0 atom stereocenters. The lowest BCUT2D eigenvalue weighted by molar-refractivity contribution is -0.383. The van der Waals surface area contributed by atoms with Crippen molar-refractivity contribution in [2.45, 2.75) is 25.7 Å². The molecule has 0 aliphatic rings.